The first kappa shape index (κ1) is 13.7. The topological polar surface area (TPSA) is 17.1 Å². The van der Waals surface area contributed by atoms with Crippen molar-refractivity contribution in [1.29, 1.82) is 0 Å². The van der Waals surface area contributed by atoms with Crippen LogP contribution in [-0.2, 0) is 4.79 Å². The first-order chi connectivity index (χ1) is 7.13. The number of hydrogen-bond acceptors (Lipinski definition) is 1. The largest absolute Gasteiger partial charge is 0.297 e. The van der Waals surface area contributed by atoms with Gasteiger partial charge in [0.05, 0.1) is 0 Å². The van der Waals surface area contributed by atoms with Gasteiger partial charge in [0.1, 0.15) is 3.23 Å². The van der Waals surface area contributed by atoms with Crippen molar-refractivity contribution in [3.8, 4) is 0 Å². The third-order valence-electron chi connectivity index (χ3n) is 3.05. The molecule has 3 heteroatoms. The highest BCUT2D eigenvalue weighted by molar-refractivity contribution is 9.25. The maximum Gasteiger partial charge on any atom is 0.160 e. The Morgan fingerprint density at radius 3 is 1.87 bits per heavy atom. The fraction of sp³-hybridized carbons (Fsp3) is 0.917. The van der Waals surface area contributed by atoms with E-state index in [-0.39, 0.29) is 0 Å². The maximum absolute atomic E-state index is 11.9. The molecule has 1 nitrogen and oxygen atoms in total. The molecule has 1 aliphatic carbocycles. The van der Waals surface area contributed by atoms with E-state index in [1.807, 2.05) is 0 Å². The van der Waals surface area contributed by atoms with Crippen LogP contribution in [0.4, 0.5) is 0 Å². The lowest BCUT2D eigenvalue weighted by molar-refractivity contribution is -0.119. The van der Waals surface area contributed by atoms with Crippen molar-refractivity contribution < 1.29 is 4.79 Å². The number of halogens is 2. The molecule has 15 heavy (non-hydrogen) atoms. The van der Waals surface area contributed by atoms with Gasteiger partial charge in [-0.25, -0.2) is 0 Å². The Labute approximate surface area is 110 Å². The normalized spacial score (nSPS) is 25.3. The van der Waals surface area contributed by atoms with Crippen LogP contribution in [-0.4, -0.2) is 9.02 Å². The summed E-state index contributed by atoms with van der Waals surface area (Å²) in [6.07, 6.45) is 11.6. The lowest BCUT2D eigenvalue weighted by atomic mass is 10.0. The van der Waals surface area contributed by atoms with Crippen molar-refractivity contribution in [2.75, 3.05) is 0 Å². The first-order valence-electron chi connectivity index (χ1n) is 6.04. The molecule has 0 bridgehead atoms. The van der Waals surface area contributed by atoms with Crippen LogP contribution in [0, 0.1) is 0 Å². The Hall–Kier alpha value is 0.630. The van der Waals surface area contributed by atoms with Gasteiger partial charge in [0, 0.05) is 6.42 Å². The van der Waals surface area contributed by atoms with E-state index in [2.05, 4.69) is 31.9 Å². The van der Waals surface area contributed by atoms with Crippen LogP contribution in [0.1, 0.15) is 64.2 Å². The standard InChI is InChI=1S/C12H20Br2O/c13-12(14)10-8-6-4-2-1-3-5-7-9-11(12)15/h1-10H2. The van der Waals surface area contributed by atoms with Crippen LogP contribution in [0.3, 0.4) is 0 Å². The third kappa shape index (κ3) is 5.48. The van der Waals surface area contributed by atoms with Gasteiger partial charge in [-0.1, -0.05) is 76.8 Å². The van der Waals surface area contributed by atoms with Crippen molar-refractivity contribution >= 4 is 37.6 Å². The monoisotopic (exact) mass is 338 g/mol. The second kappa shape index (κ2) is 7.05. The van der Waals surface area contributed by atoms with E-state index in [1.54, 1.807) is 0 Å². The summed E-state index contributed by atoms with van der Waals surface area (Å²) in [5.74, 6) is 0.322. The van der Waals surface area contributed by atoms with E-state index in [9.17, 15) is 4.79 Å². The molecule has 1 rings (SSSR count). The lowest BCUT2D eigenvalue weighted by Gasteiger charge is -2.19. The zero-order valence-corrected chi connectivity index (χ0v) is 12.4. The van der Waals surface area contributed by atoms with Gasteiger partial charge in [-0.2, -0.15) is 0 Å². The van der Waals surface area contributed by atoms with Gasteiger partial charge in [0.2, 0.25) is 0 Å². The Kier molecular flexibility index (Phi) is 6.44. The number of carbonyl (C=O) groups excluding carboxylic acids is 1. The molecule has 1 saturated carbocycles. The molecule has 0 heterocycles. The van der Waals surface area contributed by atoms with Gasteiger partial charge in [0.25, 0.3) is 0 Å². The molecule has 0 amide bonds. The number of rotatable bonds is 0. The summed E-state index contributed by atoms with van der Waals surface area (Å²) in [5.41, 5.74) is 0. The Bertz CT molecular complexity index is 202. The average Bonchev–Trinajstić information content (AvgIpc) is 2.18. The summed E-state index contributed by atoms with van der Waals surface area (Å²) < 4.78 is -0.431. The molecular formula is C12H20Br2O. The molecule has 0 N–H and O–H groups in total. The predicted molar refractivity (Wildman–Crippen MR) is 71.8 cm³/mol. The third-order valence-corrected chi connectivity index (χ3v) is 4.73. The smallest absolute Gasteiger partial charge is 0.160 e. The Morgan fingerprint density at radius 2 is 1.27 bits per heavy atom. The van der Waals surface area contributed by atoms with E-state index in [4.69, 9.17) is 0 Å². The molecule has 0 aromatic heterocycles. The molecule has 0 aliphatic heterocycles. The molecule has 0 aromatic carbocycles. The highest BCUT2D eigenvalue weighted by Crippen LogP contribution is 2.35. The molecule has 0 spiro atoms. The Balaban J connectivity index is 2.42. The molecule has 0 atom stereocenters. The summed E-state index contributed by atoms with van der Waals surface area (Å²) in [4.78, 5) is 11.9. The molecule has 0 radical (unpaired) electrons. The quantitative estimate of drug-likeness (QED) is 0.570. The fourth-order valence-electron chi connectivity index (χ4n) is 2.02. The molecule has 0 aromatic rings. The van der Waals surface area contributed by atoms with Gasteiger partial charge < -0.3 is 0 Å². The molecule has 88 valence electrons. The number of alkyl halides is 2. The summed E-state index contributed by atoms with van der Waals surface area (Å²) in [6.45, 7) is 0. The summed E-state index contributed by atoms with van der Waals surface area (Å²) in [5, 5.41) is 0. The Morgan fingerprint density at radius 1 is 0.800 bits per heavy atom. The van der Waals surface area contributed by atoms with Crippen molar-refractivity contribution in [3.63, 3.8) is 0 Å². The minimum absolute atomic E-state index is 0.322. The van der Waals surface area contributed by atoms with Gasteiger partial charge in [-0.3, -0.25) is 4.79 Å². The fourth-order valence-corrected chi connectivity index (χ4v) is 2.97. The summed E-state index contributed by atoms with van der Waals surface area (Å²) in [7, 11) is 0. The molecular weight excluding hydrogens is 320 g/mol. The molecule has 1 fully saturated rings. The molecule has 0 saturated heterocycles. The van der Waals surface area contributed by atoms with Crippen LogP contribution in [0.15, 0.2) is 0 Å². The van der Waals surface area contributed by atoms with Gasteiger partial charge >= 0.3 is 0 Å². The maximum atomic E-state index is 11.9. The van der Waals surface area contributed by atoms with Crippen LogP contribution >= 0.6 is 31.9 Å². The zero-order valence-electron chi connectivity index (χ0n) is 9.24. The van der Waals surface area contributed by atoms with Crippen LogP contribution in [0.5, 0.6) is 0 Å². The van der Waals surface area contributed by atoms with Gasteiger partial charge in [0.15, 0.2) is 5.78 Å². The van der Waals surface area contributed by atoms with E-state index in [0.717, 1.165) is 25.7 Å². The average molecular weight is 340 g/mol. The molecule has 0 unspecified atom stereocenters. The van der Waals surface area contributed by atoms with Crippen LogP contribution < -0.4 is 0 Å². The minimum atomic E-state index is -0.431. The van der Waals surface area contributed by atoms with Crippen molar-refractivity contribution in [2.24, 2.45) is 0 Å². The summed E-state index contributed by atoms with van der Waals surface area (Å²) >= 11 is 7.03. The van der Waals surface area contributed by atoms with Crippen molar-refractivity contribution in [1.82, 2.24) is 0 Å². The summed E-state index contributed by atoms with van der Waals surface area (Å²) in [6, 6.07) is 0. The van der Waals surface area contributed by atoms with Gasteiger partial charge in [-0.15, -0.1) is 0 Å². The SMILES string of the molecule is O=C1CCCCCCCCCCC1(Br)Br. The number of Topliss-reactive ketones (excluding diaryl/α,β-unsaturated/α-hetero) is 1. The molecule has 1 aliphatic rings. The van der Waals surface area contributed by atoms with E-state index in [0.29, 0.717) is 5.78 Å². The van der Waals surface area contributed by atoms with Crippen molar-refractivity contribution in [2.45, 2.75) is 67.4 Å². The number of ketones is 1. The predicted octanol–water partition coefficient (Wildman–Crippen LogP) is 4.96. The minimum Gasteiger partial charge on any atom is -0.297 e. The van der Waals surface area contributed by atoms with E-state index in [1.165, 1.54) is 38.5 Å². The number of hydrogen-bond donors (Lipinski definition) is 0. The highest BCUT2D eigenvalue weighted by atomic mass is 79.9. The van der Waals surface area contributed by atoms with E-state index >= 15 is 0 Å². The van der Waals surface area contributed by atoms with Crippen LogP contribution in [0.2, 0.25) is 0 Å². The first-order valence-corrected chi connectivity index (χ1v) is 7.63. The second-order valence-electron chi connectivity index (χ2n) is 4.46. The van der Waals surface area contributed by atoms with Gasteiger partial charge in [-0.05, 0) is 12.8 Å². The zero-order chi connectivity index (χ0) is 11.1. The van der Waals surface area contributed by atoms with E-state index < -0.39 is 3.23 Å². The highest BCUT2D eigenvalue weighted by Gasteiger charge is 2.30. The van der Waals surface area contributed by atoms with Crippen LogP contribution in [0.25, 0.3) is 0 Å². The second-order valence-corrected chi connectivity index (χ2v) is 8.23. The lowest BCUT2D eigenvalue weighted by Crippen LogP contribution is -2.24. The van der Waals surface area contributed by atoms with Crippen molar-refractivity contribution in [3.05, 3.63) is 0 Å². The number of carbonyl (C=O) groups is 1.